The van der Waals surface area contributed by atoms with Crippen molar-refractivity contribution in [3.05, 3.63) is 16.8 Å². The number of aliphatic hydroxyl groups excluding tert-OH is 1. The minimum Gasteiger partial charge on any atom is -0.391 e. The fraction of sp³-hybridized carbons (Fsp3) is 0.688. The van der Waals surface area contributed by atoms with Crippen molar-refractivity contribution >= 4 is 23.3 Å². The molecular formula is C16H24ClN5O2. The Hall–Kier alpha value is -1.44. The lowest BCUT2D eigenvalue weighted by Crippen LogP contribution is -2.50. The van der Waals surface area contributed by atoms with Crippen LogP contribution in [0.5, 0.6) is 0 Å². The van der Waals surface area contributed by atoms with Crippen molar-refractivity contribution in [3.63, 3.8) is 0 Å². The molecule has 0 bridgehead atoms. The van der Waals surface area contributed by atoms with Crippen LogP contribution in [0.1, 0.15) is 48.9 Å². The van der Waals surface area contributed by atoms with E-state index in [-0.39, 0.29) is 28.9 Å². The van der Waals surface area contributed by atoms with Gasteiger partial charge in [-0.2, -0.15) is 0 Å². The summed E-state index contributed by atoms with van der Waals surface area (Å²) in [6.07, 6.45) is 5.95. The van der Waals surface area contributed by atoms with Gasteiger partial charge in [0.05, 0.1) is 11.7 Å². The van der Waals surface area contributed by atoms with E-state index in [1.807, 2.05) is 0 Å². The minimum atomic E-state index is -0.572. The summed E-state index contributed by atoms with van der Waals surface area (Å²) in [5.74, 6) is -0.180. The molecule has 8 heteroatoms. The van der Waals surface area contributed by atoms with E-state index < -0.39 is 5.91 Å². The third-order valence-electron chi connectivity index (χ3n) is 5.06. The fourth-order valence-electron chi connectivity index (χ4n) is 3.75. The van der Waals surface area contributed by atoms with Gasteiger partial charge in [0.25, 0.3) is 5.91 Å². The Morgan fingerprint density at radius 3 is 2.62 bits per heavy atom. The van der Waals surface area contributed by atoms with Crippen LogP contribution in [0.15, 0.2) is 6.07 Å². The van der Waals surface area contributed by atoms with Gasteiger partial charge in [-0.05, 0) is 31.7 Å². The summed E-state index contributed by atoms with van der Waals surface area (Å²) in [6, 6.07) is 1.93. The van der Waals surface area contributed by atoms with Crippen molar-refractivity contribution in [1.29, 1.82) is 0 Å². The van der Waals surface area contributed by atoms with Gasteiger partial charge in [-0.15, -0.1) is 10.2 Å². The number of likely N-dealkylation sites (tertiary alicyclic amines) is 1. The number of carbonyl (C=O) groups is 1. The maximum absolute atomic E-state index is 11.5. The molecule has 0 radical (unpaired) electrons. The third-order valence-corrected chi connectivity index (χ3v) is 5.25. The van der Waals surface area contributed by atoms with E-state index >= 15 is 0 Å². The zero-order chi connectivity index (χ0) is 17.1. The van der Waals surface area contributed by atoms with E-state index in [9.17, 15) is 9.90 Å². The standard InChI is InChI=1S/C16H24ClN5O2/c17-14-9-11(15(18)24)16(21-20-14)19-10-5-7-22(8-6-10)12-3-1-2-4-13(12)23/h9-10,12-13,23H,1-8H2,(H2,18,24)(H,19,21). The molecule has 1 aromatic rings. The molecule has 1 aliphatic carbocycles. The molecule has 3 rings (SSSR count). The number of primary amides is 1. The molecule has 2 atom stereocenters. The van der Waals surface area contributed by atoms with Crippen molar-refractivity contribution in [2.24, 2.45) is 5.73 Å². The highest BCUT2D eigenvalue weighted by atomic mass is 35.5. The molecule has 2 aliphatic rings. The number of aromatic nitrogens is 2. The highest BCUT2D eigenvalue weighted by molar-refractivity contribution is 6.29. The molecule has 1 aromatic heterocycles. The lowest BCUT2D eigenvalue weighted by Gasteiger charge is -2.41. The van der Waals surface area contributed by atoms with Gasteiger partial charge in [0.2, 0.25) is 0 Å². The zero-order valence-electron chi connectivity index (χ0n) is 13.6. The van der Waals surface area contributed by atoms with E-state index in [0.717, 1.165) is 45.2 Å². The number of carbonyl (C=O) groups excluding carboxylic acids is 1. The highest BCUT2D eigenvalue weighted by Gasteiger charge is 2.31. The van der Waals surface area contributed by atoms with Crippen LogP contribution in [0.2, 0.25) is 5.15 Å². The molecule has 24 heavy (non-hydrogen) atoms. The van der Waals surface area contributed by atoms with E-state index in [4.69, 9.17) is 17.3 Å². The zero-order valence-corrected chi connectivity index (χ0v) is 14.4. The number of amides is 1. The van der Waals surface area contributed by atoms with Crippen LogP contribution < -0.4 is 11.1 Å². The summed E-state index contributed by atoms with van der Waals surface area (Å²) in [5, 5.41) is 21.4. The molecule has 1 aliphatic heterocycles. The van der Waals surface area contributed by atoms with Gasteiger partial charge in [0.15, 0.2) is 11.0 Å². The Labute approximate surface area is 146 Å². The third kappa shape index (κ3) is 3.96. The first-order chi connectivity index (χ1) is 11.5. The lowest BCUT2D eigenvalue weighted by molar-refractivity contribution is 0.00991. The van der Waals surface area contributed by atoms with Crippen molar-refractivity contribution in [2.45, 2.75) is 56.7 Å². The van der Waals surface area contributed by atoms with Crippen LogP contribution in [0, 0.1) is 0 Å². The molecule has 0 aromatic carbocycles. The van der Waals surface area contributed by atoms with Gasteiger partial charge in [0.1, 0.15) is 0 Å². The number of nitrogens with one attached hydrogen (secondary N) is 1. The summed E-state index contributed by atoms with van der Waals surface area (Å²) >= 11 is 5.78. The average molecular weight is 354 g/mol. The maximum atomic E-state index is 11.5. The van der Waals surface area contributed by atoms with Crippen LogP contribution in [0.3, 0.4) is 0 Å². The number of piperidine rings is 1. The SMILES string of the molecule is NC(=O)c1cc(Cl)nnc1NC1CCN(C2CCCCC2O)CC1. The molecular weight excluding hydrogens is 330 g/mol. The van der Waals surface area contributed by atoms with Crippen molar-refractivity contribution in [1.82, 2.24) is 15.1 Å². The molecule has 2 fully saturated rings. The summed E-state index contributed by atoms with van der Waals surface area (Å²) in [5.41, 5.74) is 5.65. The first-order valence-corrected chi connectivity index (χ1v) is 8.94. The molecule has 7 nitrogen and oxygen atoms in total. The van der Waals surface area contributed by atoms with E-state index in [2.05, 4.69) is 20.4 Å². The second-order valence-electron chi connectivity index (χ2n) is 6.67. The Morgan fingerprint density at radius 2 is 1.96 bits per heavy atom. The van der Waals surface area contributed by atoms with Gasteiger partial charge in [-0.3, -0.25) is 9.69 Å². The van der Waals surface area contributed by atoms with Gasteiger partial charge in [-0.1, -0.05) is 24.4 Å². The molecule has 1 amide bonds. The number of rotatable bonds is 4. The molecule has 132 valence electrons. The topological polar surface area (TPSA) is 104 Å². The number of hydrogen-bond donors (Lipinski definition) is 3. The van der Waals surface area contributed by atoms with Crippen LogP contribution in [-0.4, -0.2) is 57.4 Å². The van der Waals surface area contributed by atoms with Gasteiger partial charge in [-0.25, -0.2) is 0 Å². The summed E-state index contributed by atoms with van der Waals surface area (Å²) in [4.78, 5) is 13.9. The lowest BCUT2D eigenvalue weighted by atomic mass is 9.89. The second kappa shape index (κ2) is 7.63. The van der Waals surface area contributed by atoms with E-state index in [1.54, 1.807) is 0 Å². The van der Waals surface area contributed by atoms with E-state index in [0.29, 0.717) is 5.82 Å². The summed E-state index contributed by atoms with van der Waals surface area (Å²) in [7, 11) is 0. The van der Waals surface area contributed by atoms with Gasteiger partial charge in [0, 0.05) is 25.2 Å². The Balaban J connectivity index is 1.59. The van der Waals surface area contributed by atoms with Crippen molar-refractivity contribution in [2.75, 3.05) is 18.4 Å². The molecule has 1 saturated heterocycles. The molecule has 2 unspecified atom stereocenters. The van der Waals surface area contributed by atoms with E-state index in [1.165, 1.54) is 12.5 Å². The Morgan fingerprint density at radius 1 is 1.25 bits per heavy atom. The Bertz CT molecular complexity index is 592. The summed E-state index contributed by atoms with van der Waals surface area (Å²) < 4.78 is 0. The number of nitrogens with two attached hydrogens (primary N) is 1. The largest absolute Gasteiger partial charge is 0.391 e. The van der Waals surface area contributed by atoms with Crippen LogP contribution in [-0.2, 0) is 0 Å². The number of anilines is 1. The van der Waals surface area contributed by atoms with Gasteiger partial charge >= 0.3 is 0 Å². The fourth-order valence-corrected chi connectivity index (χ4v) is 3.90. The predicted octanol–water partition coefficient (Wildman–Crippen LogP) is 1.41. The number of aliphatic hydroxyl groups is 1. The minimum absolute atomic E-state index is 0.149. The smallest absolute Gasteiger partial charge is 0.252 e. The summed E-state index contributed by atoms with van der Waals surface area (Å²) in [6.45, 7) is 1.85. The monoisotopic (exact) mass is 353 g/mol. The first kappa shape index (κ1) is 17.4. The highest BCUT2D eigenvalue weighted by Crippen LogP contribution is 2.27. The quantitative estimate of drug-likeness (QED) is 0.756. The normalized spacial score (nSPS) is 26.2. The predicted molar refractivity (Wildman–Crippen MR) is 92.0 cm³/mol. The Kier molecular flexibility index (Phi) is 5.53. The molecule has 1 saturated carbocycles. The van der Waals surface area contributed by atoms with Crippen LogP contribution >= 0.6 is 11.6 Å². The number of halogens is 1. The van der Waals surface area contributed by atoms with Crippen molar-refractivity contribution in [3.8, 4) is 0 Å². The number of hydrogen-bond acceptors (Lipinski definition) is 6. The average Bonchev–Trinajstić information content (AvgIpc) is 2.57. The second-order valence-corrected chi connectivity index (χ2v) is 7.05. The van der Waals surface area contributed by atoms with Crippen molar-refractivity contribution < 1.29 is 9.90 Å². The van der Waals surface area contributed by atoms with Crippen LogP contribution in [0.4, 0.5) is 5.82 Å². The maximum Gasteiger partial charge on any atom is 0.252 e. The molecule has 0 spiro atoms. The van der Waals surface area contributed by atoms with Crippen LogP contribution in [0.25, 0.3) is 0 Å². The van der Waals surface area contributed by atoms with Gasteiger partial charge < -0.3 is 16.2 Å². The molecule has 2 heterocycles. The molecule has 4 N–H and O–H groups in total. The first-order valence-electron chi connectivity index (χ1n) is 8.56. The number of nitrogens with zero attached hydrogens (tertiary/aromatic N) is 3.